The van der Waals surface area contributed by atoms with Crippen molar-refractivity contribution in [1.82, 2.24) is 4.90 Å². The van der Waals surface area contributed by atoms with Crippen LogP contribution in [0.25, 0.3) is 0 Å². The summed E-state index contributed by atoms with van der Waals surface area (Å²) in [6, 6.07) is 18.3. The first-order valence-electron chi connectivity index (χ1n) is 9.33. The number of hydrogen-bond donors (Lipinski definition) is 1. The lowest BCUT2D eigenvalue weighted by molar-refractivity contribution is -0.0485. The molecule has 27 heavy (non-hydrogen) atoms. The zero-order chi connectivity index (χ0) is 19.3. The Morgan fingerprint density at radius 2 is 1.44 bits per heavy atom. The Bertz CT molecular complexity index is 778. The predicted octanol–water partition coefficient (Wildman–Crippen LogP) is 2.75. The highest BCUT2D eigenvalue weighted by Gasteiger charge is 2.44. The van der Waals surface area contributed by atoms with Crippen LogP contribution in [-0.4, -0.2) is 50.4 Å². The maximum absolute atomic E-state index is 12.0. The van der Waals surface area contributed by atoms with Gasteiger partial charge in [-0.05, 0) is 37.1 Å². The van der Waals surface area contributed by atoms with E-state index < -0.39 is 21.8 Å². The van der Waals surface area contributed by atoms with Gasteiger partial charge in [0.05, 0.1) is 6.26 Å². The highest BCUT2D eigenvalue weighted by Crippen LogP contribution is 2.36. The van der Waals surface area contributed by atoms with Crippen LogP contribution in [0.3, 0.4) is 0 Å². The molecular formula is C21H27NO4S. The summed E-state index contributed by atoms with van der Waals surface area (Å²) in [6.45, 7) is 2.10. The molecule has 2 aromatic carbocycles. The molecule has 1 fully saturated rings. The van der Waals surface area contributed by atoms with Crippen LogP contribution in [0, 0.1) is 0 Å². The highest BCUT2D eigenvalue weighted by molar-refractivity contribution is 7.86. The molecule has 0 saturated carbocycles. The van der Waals surface area contributed by atoms with Gasteiger partial charge in [0.15, 0.2) is 0 Å². The molecule has 0 amide bonds. The molecule has 1 N–H and O–H groups in total. The van der Waals surface area contributed by atoms with Crippen LogP contribution < -0.4 is 0 Å². The smallest absolute Gasteiger partial charge is 0.264 e. The summed E-state index contributed by atoms with van der Waals surface area (Å²) in [5.74, 6) is 0. The van der Waals surface area contributed by atoms with E-state index in [2.05, 4.69) is 4.90 Å². The lowest BCUT2D eigenvalue weighted by Gasteiger charge is -2.39. The molecule has 0 aromatic heterocycles. The van der Waals surface area contributed by atoms with Crippen LogP contribution in [0.15, 0.2) is 60.7 Å². The molecule has 0 spiro atoms. The van der Waals surface area contributed by atoms with E-state index in [1.165, 1.54) is 6.42 Å². The third kappa shape index (κ3) is 4.96. The average Bonchev–Trinajstić information content (AvgIpc) is 2.68. The number of nitrogens with zero attached hydrogens (tertiary/aromatic N) is 1. The third-order valence-corrected chi connectivity index (χ3v) is 5.64. The van der Waals surface area contributed by atoms with E-state index in [4.69, 9.17) is 4.18 Å². The molecule has 1 unspecified atom stereocenters. The summed E-state index contributed by atoms with van der Waals surface area (Å²) in [5, 5.41) is 11.9. The normalized spacial score (nSPS) is 17.6. The number of benzene rings is 2. The third-order valence-electron chi connectivity index (χ3n) is 5.06. The monoisotopic (exact) mass is 389 g/mol. The van der Waals surface area contributed by atoms with E-state index in [9.17, 15) is 13.5 Å². The first kappa shape index (κ1) is 20.0. The quantitative estimate of drug-likeness (QED) is 0.738. The van der Waals surface area contributed by atoms with Gasteiger partial charge >= 0.3 is 0 Å². The number of rotatable bonds is 7. The van der Waals surface area contributed by atoms with Crippen molar-refractivity contribution in [3.05, 3.63) is 71.8 Å². The molecule has 1 aliphatic rings. The van der Waals surface area contributed by atoms with Gasteiger partial charge in [0, 0.05) is 6.54 Å². The first-order valence-corrected chi connectivity index (χ1v) is 11.2. The Morgan fingerprint density at radius 3 is 1.89 bits per heavy atom. The Balaban J connectivity index is 2.06. The largest absolute Gasteiger partial charge is 0.378 e. The van der Waals surface area contributed by atoms with Crippen LogP contribution in [0.2, 0.25) is 0 Å². The topological polar surface area (TPSA) is 66.8 Å². The fraction of sp³-hybridized carbons (Fsp3) is 0.429. The van der Waals surface area contributed by atoms with Crippen molar-refractivity contribution in [2.24, 2.45) is 0 Å². The molecule has 2 aromatic rings. The second-order valence-electron chi connectivity index (χ2n) is 7.15. The average molecular weight is 390 g/mol. The van der Waals surface area contributed by atoms with Gasteiger partial charge in [0.1, 0.15) is 11.7 Å². The van der Waals surface area contributed by atoms with Crippen molar-refractivity contribution < 1.29 is 17.7 Å². The zero-order valence-electron chi connectivity index (χ0n) is 15.6. The van der Waals surface area contributed by atoms with Gasteiger partial charge in [-0.15, -0.1) is 0 Å². The van der Waals surface area contributed by atoms with E-state index in [1.54, 1.807) is 0 Å². The van der Waals surface area contributed by atoms with Gasteiger partial charge in [0.25, 0.3) is 10.1 Å². The first-order chi connectivity index (χ1) is 12.9. The van der Waals surface area contributed by atoms with Gasteiger partial charge in [-0.2, -0.15) is 8.42 Å². The lowest BCUT2D eigenvalue weighted by Crippen LogP contribution is -2.50. The molecule has 1 aliphatic heterocycles. The van der Waals surface area contributed by atoms with E-state index in [0.717, 1.165) is 32.2 Å². The molecule has 1 saturated heterocycles. The minimum Gasteiger partial charge on any atom is -0.378 e. The minimum atomic E-state index is -3.76. The molecule has 0 aliphatic carbocycles. The maximum atomic E-state index is 12.0. The molecule has 5 nitrogen and oxygen atoms in total. The number of piperidine rings is 1. The van der Waals surface area contributed by atoms with Crippen LogP contribution in [-0.2, 0) is 19.9 Å². The van der Waals surface area contributed by atoms with Gasteiger partial charge in [-0.1, -0.05) is 67.1 Å². The molecule has 0 bridgehead atoms. The fourth-order valence-corrected chi connectivity index (χ4v) is 4.36. The summed E-state index contributed by atoms with van der Waals surface area (Å²) >= 11 is 0. The van der Waals surface area contributed by atoms with Crippen LogP contribution in [0.1, 0.15) is 30.4 Å². The molecule has 0 radical (unpaired) electrons. The Kier molecular flexibility index (Phi) is 6.32. The van der Waals surface area contributed by atoms with Crippen molar-refractivity contribution in [1.29, 1.82) is 0 Å². The van der Waals surface area contributed by atoms with Crippen molar-refractivity contribution in [2.45, 2.75) is 31.0 Å². The Morgan fingerprint density at radius 1 is 0.963 bits per heavy atom. The second kappa shape index (κ2) is 8.52. The van der Waals surface area contributed by atoms with Crippen molar-refractivity contribution in [3.8, 4) is 0 Å². The van der Waals surface area contributed by atoms with E-state index >= 15 is 0 Å². The van der Waals surface area contributed by atoms with Crippen LogP contribution in [0.4, 0.5) is 0 Å². The Hall–Kier alpha value is -1.73. The number of likely N-dealkylation sites (tertiary alicyclic amines) is 1. The lowest BCUT2D eigenvalue weighted by atomic mass is 9.81. The van der Waals surface area contributed by atoms with Crippen molar-refractivity contribution in [2.75, 3.05) is 25.9 Å². The molecule has 6 heteroatoms. The molecule has 1 heterocycles. The maximum Gasteiger partial charge on any atom is 0.264 e. The number of hydrogen-bond acceptors (Lipinski definition) is 5. The summed E-state index contributed by atoms with van der Waals surface area (Å²) in [7, 11) is -3.76. The molecule has 3 rings (SSSR count). The highest BCUT2D eigenvalue weighted by atomic mass is 32.2. The second-order valence-corrected chi connectivity index (χ2v) is 8.75. The SMILES string of the molecule is CS(=O)(=O)OC(CN1CCCCC1)C(O)(c1ccccc1)c1ccccc1. The van der Waals surface area contributed by atoms with Gasteiger partial charge in [-0.25, -0.2) is 0 Å². The molecule has 1 atom stereocenters. The predicted molar refractivity (Wildman–Crippen MR) is 106 cm³/mol. The standard InChI is InChI=1S/C21H27NO4S/c1-27(24,25)26-20(17-22-15-9-4-10-16-22)21(23,18-11-5-2-6-12-18)19-13-7-3-8-14-19/h2-3,5-8,11-14,20,23H,4,9-10,15-17H2,1H3. The van der Waals surface area contributed by atoms with E-state index in [1.807, 2.05) is 60.7 Å². The summed E-state index contributed by atoms with van der Waals surface area (Å²) in [4.78, 5) is 2.18. The van der Waals surface area contributed by atoms with Gasteiger partial charge in [-0.3, -0.25) is 4.18 Å². The summed E-state index contributed by atoms with van der Waals surface area (Å²) in [6.07, 6.45) is 3.40. The van der Waals surface area contributed by atoms with Crippen molar-refractivity contribution >= 4 is 10.1 Å². The van der Waals surface area contributed by atoms with Gasteiger partial charge < -0.3 is 10.0 Å². The zero-order valence-corrected chi connectivity index (χ0v) is 16.4. The molecule has 146 valence electrons. The van der Waals surface area contributed by atoms with Gasteiger partial charge in [0.2, 0.25) is 0 Å². The number of aliphatic hydroxyl groups is 1. The Labute approximate surface area is 161 Å². The van der Waals surface area contributed by atoms with Crippen LogP contribution >= 0.6 is 0 Å². The van der Waals surface area contributed by atoms with Crippen LogP contribution in [0.5, 0.6) is 0 Å². The minimum absolute atomic E-state index is 0.341. The van der Waals surface area contributed by atoms with Crippen molar-refractivity contribution in [3.63, 3.8) is 0 Å². The fourth-order valence-electron chi connectivity index (χ4n) is 3.74. The van der Waals surface area contributed by atoms with E-state index in [-0.39, 0.29) is 0 Å². The van der Waals surface area contributed by atoms with E-state index in [0.29, 0.717) is 17.7 Å². The summed E-state index contributed by atoms with van der Waals surface area (Å²) in [5.41, 5.74) is -0.355. The summed E-state index contributed by atoms with van der Waals surface area (Å²) < 4.78 is 29.6. The molecular weight excluding hydrogens is 362 g/mol.